The Kier molecular flexibility index (Phi) is 9.95. The number of sulfonamides is 1. The molecule has 3 heterocycles. The van der Waals surface area contributed by atoms with Crippen molar-refractivity contribution in [3.05, 3.63) is 60.6 Å². The first-order valence-corrected chi connectivity index (χ1v) is 15.8. The van der Waals surface area contributed by atoms with Gasteiger partial charge in [-0.2, -0.15) is 4.72 Å². The number of benzene rings is 1. The quantitative estimate of drug-likeness (QED) is 0.433. The Morgan fingerprint density at radius 1 is 1.05 bits per heavy atom. The summed E-state index contributed by atoms with van der Waals surface area (Å²) in [5.41, 5.74) is 0.324. The van der Waals surface area contributed by atoms with Crippen LogP contribution in [-0.4, -0.2) is 74.2 Å². The molecule has 2 N–H and O–H groups in total. The molecule has 14 heteroatoms. The van der Waals surface area contributed by atoms with Crippen molar-refractivity contribution in [2.45, 2.75) is 37.8 Å². The van der Waals surface area contributed by atoms with E-state index in [0.717, 1.165) is 11.8 Å². The van der Waals surface area contributed by atoms with Crippen LogP contribution in [0.5, 0.6) is 0 Å². The summed E-state index contributed by atoms with van der Waals surface area (Å²) in [6, 6.07) is 6.75. The predicted molar refractivity (Wildman–Crippen MR) is 154 cm³/mol. The molecule has 3 amide bonds. The number of nitrogens with zero attached hydrogens (tertiary/aromatic N) is 2. The molecule has 2 atom stereocenters. The molecule has 1 aromatic heterocycles. The van der Waals surface area contributed by atoms with Crippen LogP contribution in [0.1, 0.15) is 40.9 Å². The summed E-state index contributed by atoms with van der Waals surface area (Å²) in [5, 5.41) is 4.53. The molecule has 2 aliphatic rings. The van der Waals surface area contributed by atoms with E-state index in [9.17, 15) is 22.8 Å². The maximum atomic E-state index is 13.2. The minimum absolute atomic E-state index is 0.158. The van der Waals surface area contributed by atoms with E-state index in [2.05, 4.69) is 10.0 Å². The van der Waals surface area contributed by atoms with Gasteiger partial charge in [0.1, 0.15) is 6.04 Å². The van der Waals surface area contributed by atoms with Crippen LogP contribution < -0.4 is 10.0 Å². The molecule has 0 radical (unpaired) electrons. The molecule has 4 rings (SSSR count). The number of nitrogens with one attached hydrogen (secondary N) is 2. The lowest BCUT2D eigenvalue weighted by Gasteiger charge is -2.34. The molecule has 0 spiro atoms. The van der Waals surface area contributed by atoms with Crippen LogP contribution in [-0.2, 0) is 19.6 Å². The second-order valence-electron chi connectivity index (χ2n) is 9.31. The van der Waals surface area contributed by atoms with Crippen LogP contribution >= 0.6 is 46.1 Å². The zero-order chi connectivity index (χ0) is 28.2. The van der Waals surface area contributed by atoms with Crippen molar-refractivity contribution < 1.29 is 22.8 Å². The normalized spacial score (nSPS) is 20.1. The highest BCUT2D eigenvalue weighted by Gasteiger charge is 2.35. The summed E-state index contributed by atoms with van der Waals surface area (Å²) < 4.78 is 28.1. The van der Waals surface area contributed by atoms with E-state index in [1.54, 1.807) is 17.0 Å². The second-order valence-corrected chi connectivity index (χ2v) is 13.5. The Balaban J connectivity index is 1.31. The van der Waals surface area contributed by atoms with Crippen LogP contribution in [0.25, 0.3) is 6.08 Å². The first kappa shape index (κ1) is 29.8. The van der Waals surface area contributed by atoms with Crippen molar-refractivity contribution in [2.24, 2.45) is 0 Å². The van der Waals surface area contributed by atoms with Crippen molar-refractivity contribution in [1.82, 2.24) is 19.8 Å². The summed E-state index contributed by atoms with van der Waals surface area (Å²) in [6.45, 7) is 0.955. The zero-order valence-corrected chi connectivity index (χ0v) is 24.6. The van der Waals surface area contributed by atoms with Crippen LogP contribution in [0.4, 0.5) is 0 Å². The van der Waals surface area contributed by atoms with Crippen molar-refractivity contribution in [1.29, 1.82) is 0 Å². The largest absolute Gasteiger partial charge is 0.350 e. The fourth-order valence-electron chi connectivity index (χ4n) is 4.65. The van der Waals surface area contributed by atoms with Crippen molar-refractivity contribution >= 4 is 80.0 Å². The Bertz CT molecular complexity index is 1360. The molecule has 2 aliphatic heterocycles. The molecule has 2 aromatic rings. The fourth-order valence-corrected chi connectivity index (χ4v) is 7.24. The van der Waals surface area contributed by atoms with Gasteiger partial charge in [0.15, 0.2) is 0 Å². The van der Waals surface area contributed by atoms with Crippen LogP contribution in [0, 0.1) is 0 Å². The fraction of sp³-hybridized carbons (Fsp3) is 0.400. The molecular formula is C25H27Cl3N4O5S2. The lowest BCUT2D eigenvalue weighted by molar-refractivity contribution is -0.143. The van der Waals surface area contributed by atoms with Gasteiger partial charge in [-0.3, -0.25) is 14.4 Å². The van der Waals surface area contributed by atoms with Gasteiger partial charge in [-0.25, -0.2) is 8.42 Å². The highest BCUT2D eigenvalue weighted by Crippen LogP contribution is 2.23. The lowest BCUT2D eigenvalue weighted by Crippen LogP contribution is -2.55. The number of rotatable bonds is 9. The number of carbonyl (C=O) groups is 3. The van der Waals surface area contributed by atoms with E-state index in [4.69, 9.17) is 34.8 Å². The molecule has 0 bridgehead atoms. The van der Waals surface area contributed by atoms with Gasteiger partial charge >= 0.3 is 0 Å². The number of hydrogen-bond donors (Lipinski definition) is 2. The summed E-state index contributed by atoms with van der Waals surface area (Å²) in [6.07, 6.45) is 3.79. The third-order valence-corrected chi connectivity index (χ3v) is 9.23. The lowest BCUT2D eigenvalue weighted by atomic mass is 10.1. The monoisotopic (exact) mass is 632 g/mol. The number of amides is 3. The summed E-state index contributed by atoms with van der Waals surface area (Å²) in [5.74, 6) is -1.03. The Labute approximate surface area is 246 Å². The molecule has 2 saturated heterocycles. The van der Waals surface area contributed by atoms with E-state index >= 15 is 0 Å². The van der Waals surface area contributed by atoms with Crippen molar-refractivity contribution in [2.75, 3.05) is 26.2 Å². The average molecular weight is 634 g/mol. The average Bonchev–Trinajstić information content (AvgIpc) is 3.52. The molecule has 9 nitrogen and oxygen atoms in total. The zero-order valence-electron chi connectivity index (χ0n) is 20.7. The first-order chi connectivity index (χ1) is 18.5. The number of likely N-dealkylation sites (tertiary alicyclic amines) is 2. The Hall–Kier alpha value is -2.15. The number of hydrogen-bond acceptors (Lipinski definition) is 6. The molecule has 1 aromatic carbocycles. The molecule has 0 unspecified atom stereocenters. The standard InChI is InChI=1S/C25H27Cl3N4O5S2/c26-17-11-16(12-18(27)13-17)24(34)29-14-19-3-1-9-32(19)23(33)15-31-8-2-4-21(25(31)35)30-39(36,37)10-7-20-5-6-22(28)38-20/h5-7,10-13,19,21,30H,1-4,8-9,14-15H2,(H,29,34)/b10-7+/t19-,21-/m0/s1. The maximum Gasteiger partial charge on any atom is 0.251 e. The molecule has 0 saturated carbocycles. The number of carbonyl (C=O) groups excluding carboxylic acids is 3. The SMILES string of the molecule is O=C(NC[C@@H]1CCCN1C(=O)CN1CCC[C@H](NS(=O)(=O)/C=C/c2ccc(Cl)s2)C1=O)c1cc(Cl)cc(Cl)c1. The third-order valence-electron chi connectivity index (χ3n) is 6.49. The number of piperidine rings is 1. The minimum Gasteiger partial charge on any atom is -0.350 e. The number of halogens is 3. The molecule has 2 fully saturated rings. The summed E-state index contributed by atoms with van der Waals surface area (Å²) in [4.78, 5) is 42.5. The minimum atomic E-state index is -3.89. The maximum absolute atomic E-state index is 13.2. The van der Waals surface area contributed by atoms with Gasteiger partial charge in [-0.15, -0.1) is 11.3 Å². The van der Waals surface area contributed by atoms with Crippen LogP contribution in [0.15, 0.2) is 35.7 Å². The van der Waals surface area contributed by atoms with Crippen molar-refractivity contribution in [3.63, 3.8) is 0 Å². The Morgan fingerprint density at radius 3 is 2.46 bits per heavy atom. The summed E-state index contributed by atoms with van der Waals surface area (Å²) >= 11 is 19.1. The first-order valence-electron chi connectivity index (χ1n) is 12.3. The molecule has 39 heavy (non-hydrogen) atoms. The van der Waals surface area contributed by atoms with Gasteiger partial charge in [0.2, 0.25) is 21.8 Å². The van der Waals surface area contributed by atoms with E-state index in [1.165, 1.54) is 40.5 Å². The van der Waals surface area contributed by atoms with Gasteiger partial charge in [-0.05, 0) is 62.1 Å². The number of thiophene rings is 1. The van der Waals surface area contributed by atoms with Crippen molar-refractivity contribution in [3.8, 4) is 0 Å². The van der Waals surface area contributed by atoms with E-state index < -0.39 is 22.0 Å². The van der Waals surface area contributed by atoms with Gasteiger partial charge in [0.25, 0.3) is 5.91 Å². The van der Waals surface area contributed by atoms with Gasteiger partial charge < -0.3 is 15.1 Å². The Morgan fingerprint density at radius 2 is 1.77 bits per heavy atom. The molecule has 210 valence electrons. The molecule has 0 aliphatic carbocycles. The highest BCUT2D eigenvalue weighted by molar-refractivity contribution is 7.92. The topological polar surface area (TPSA) is 116 Å². The van der Waals surface area contributed by atoms with Crippen LogP contribution in [0.2, 0.25) is 14.4 Å². The third kappa shape index (κ3) is 8.18. The van der Waals surface area contributed by atoms with Gasteiger partial charge in [0.05, 0.1) is 10.9 Å². The second kappa shape index (κ2) is 13.0. The predicted octanol–water partition coefficient (Wildman–Crippen LogP) is 4.01. The smallest absolute Gasteiger partial charge is 0.251 e. The summed E-state index contributed by atoms with van der Waals surface area (Å²) in [7, 11) is -3.89. The van der Waals surface area contributed by atoms with Gasteiger partial charge in [-0.1, -0.05) is 34.8 Å². The van der Waals surface area contributed by atoms with Crippen LogP contribution in [0.3, 0.4) is 0 Å². The van der Waals surface area contributed by atoms with E-state index in [1.807, 2.05) is 0 Å². The van der Waals surface area contributed by atoms with E-state index in [0.29, 0.717) is 57.2 Å². The molecular weight excluding hydrogens is 607 g/mol. The van der Waals surface area contributed by atoms with Gasteiger partial charge in [0, 0.05) is 51.6 Å². The highest BCUT2D eigenvalue weighted by atomic mass is 35.5. The van der Waals surface area contributed by atoms with E-state index in [-0.39, 0.29) is 30.9 Å².